The van der Waals surface area contributed by atoms with Gasteiger partial charge >= 0.3 is 0 Å². The molecule has 1 atom stereocenters. The molecule has 2 aromatic heterocycles. The fourth-order valence-corrected chi connectivity index (χ4v) is 2.62. The summed E-state index contributed by atoms with van der Waals surface area (Å²) in [7, 11) is 0. The van der Waals surface area contributed by atoms with E-state index in [1.165, 1.54) is 11.3 Å². The van der Waals surface area contributed by atoms with Crippen LogP contribution in [0.5, 0.6) is 0 Å². The number of hydrogen-bond donors (Lipinski definition) is 2. The second-order valence-electron chi connectivity index (χ2n) is 4.68. The number of unbranched alkanes of at least 4 members (excludes halogenated alkanes) is 1. The quantitative estimate of drug-likeness (QED) is 0.773. The number of nitrogens with zero attached hydrogens (tertiary/aromatic N) is 3. The maximum Gasteiger partial charge on any atom is 0.271 e. The Labute approximate surface area is 152 Å². The third-order valence-corrected chi connectivity index (χ3v) is 3.91. The Kier molecular flexibility index (Phi) is 10.7. The summed E-state index contributed by atoms with van der Waals surface area (Å²) >= 11 is 1.38. The van der Waals surface area contributed by atoms with Gasteiger partial charge in [-0.25, -0.2) is 4.98 Å². The molecule has 0 bridgehead atoms. The van der Waals surface area contributed by atoms with Crippen LogP contribution in [0.3, 0.4) is 0 Å². The Morgan fingerprint density at radius 1 is 1.39 bits per heavy atom. The Morgan fingerprint density at radius 3 is 2.78 bits per heavy atom. The largest absolute Gasteiger partial charge is 0.347 e. The van der Waals surface area contributed by atoms with Crippen molar-refractivity contribution in [2.45, 2.75) is 32.2 Å². The van der Waals surface area contributed by atoms with Crippen molar-refractivity contribution in [1.82, 2.24) is 20.3 Å². The van der Waals surface area contributed by atoms with Gasteiger partial charge in [-0.1, -0.05) is 19.8 Å². The number of aromatic nitrogens is 3. The van der Waals surface area contributed by atoms with Crippen LogP contribution in [-0.2, 0) is 0 Å². The van der Waals surface area contributed by atoms with E-state index in [1.54, 1.807) is 24.0 Å². The number of rotatable bonds is 7. The van der Waals surface area contributed by atoms with Gasteiger partial charge in [0.2, 0.25) is 0 Å². The first-order valence-corrected chi connectivity index (χ1v) is 7.85. The Hall–Kier alpha value is -1.28. The molecule has 0 aliphatic carbocycles. The molecule has 0 aliphatic heterocycles. The van der Waals surface area contributed by atoms with Crippen molar-refractivity contribution < 1.29 is 4.79 Å². The highest BCUT2D eigenvalue weighted by atomic mass is 35.5. The molecule has 6 nitrogen and oxygen atoms in total. The van der Waals surface area contributed by atoms with Crippen LogP contribution in [0.25, 0.3) is 10.7 Å². The van der Waals surface area contributed by atoms with Crippen molar-refractivity contribution >= 4 is 42.1 Å². The monoisotopic (exact) mass is 377 g/mol. The fraction of sp³-hybridized carbons (Fsp3) is 0.429. The first kappa shape index (κ1) is 21.7. The van der Waals surface area contributed by atoms with E-state index in [0.29, 0.717) is 22.9 Å². The van der Waals surface area contributed by atoms with Crippen molar-refractivity contribution in [3.05, 3.63) is 29.7 Å². The Bertz CT molecular complexity index is 582. The van der Waals surface area contributed by atoms with Crippen molar-refractivity contribution in [3.63, 3.8) is 0 Å². The number of nitrogens with one attached hydrogen (secondary N) is 1. The van der Waals surface area contributed by atoms with Crippen molar-refractivity contribution in [2.24, 2.45) is 5.73 Å². The maximum atomic E-state index is 12.2. The second kappa shape index (κ2) is 11.3. The summed E-state index contributed by atoms with van der Waals surface area (Å²) in [6.07, 6.45) is 7.85. The van der Waals surface area contributed by atoms with Gasteiger partial charge in [-0.3, -0.25) is 14.8 Å². The summed E-state index contributed by atoms with van der Waals surface area (Å²) in [5, 5.41) is 5.34. The van der Waals surface area contributed by atoms with Gasteiger partial charge in [0, 0.05) is 30.4 Å². The van der Waals surface area contributed by atoms with Crippen LogP contribution >= 0.6 is 36.2 Å². The van der Waals surface area contributed by atoms with E-state index in [1.807, 2.05) is 0 Å². The third kappa shape index (κ3) is 6.39. The number of nitrogens with two attached hydrogens (primary N) is 1. The highest BCUT2D eigenvalue weighted by Crippen LogP contribution is 2.20. The molecule has 23 heavy (non-hydrogen) atoms. The fourth-order valence-electron chi connectivity index (χ4n) is 1.86. The average molecular weight is 378 g/mol. The lowest BCUT2D eigenvalue weighted by molar-refractivity contribution is 0.0931. The van der Waals surface area contributed by atoms with Gasteiger partial charge in [0.15, 0.2) is 0 Å². The third-order valence-electron chi connectivity index (χ3n) is 3.04. The molecular weight excluding hydrogens is 357 g/mol. The zero-order valence-corrected chi connectivity index (χ0v) is 15.2. The van der Waals surface area contributed by atoms with Crippen LogP contribution in [-0.4, -0.2) is 33.4 Å². The number of carbonyl (C=O) groups excluding carboxylic acids is 1. The lowest BCUT2D eigenvalue weighted by Crippen LogP contribution is -2.40. The summed E-state index contributed by atoms with van der Waals surface area (Å²) in [4.78, 5) is 24.6. The first-order chi connectivity index (χ1) is 10.2. The SMILES string of the molecule is CCCCC(CN)NC(=O)c1csc(-c2cnccn2)n1.Cl.Cl. The first-order valence-electron chi connectivity index (χ1n) is 6.97. The molecule has 0 aliphatic rings. The zero-order chi connectivity index (χ0) is 15.1. The van der Waals surface area contributed by atoms with Crippen LogP contribution in [0.4, 0.5) is 0 Å². The minimum atomic E-state index is -0.187. The molecule has 0 saturated heterocycles. The van der Waals surface area contributed by atoms with E-state index in [2.05, 4.69) is 27.2 Å². The molecule has 2 aromatic rings. The van der Waals surface area contributed by atoms with E-state index in [0.717, 1.165) is 19.3 Å². The molecule has 1 amide bonds. The average Bonchev–Trinajstić information content (AvgIpc) is 3.02. The molecule has 2 rings (SSSR count). The lowest BCUT2D eigenvalue weighted by atomic mass is 10.1. The minimum Gasteiger partial charge on any atom is -0.347 e. The van der Waals surface area contributed by atoms with E-state index < -0.39 is 0 Å². The smallest absolute Gasteiger partial charge is 0.271 e. The van der Waals surface area contributed by atoms with Crippen LogP contribution in [0.2, 0.25) is 0 Å². The number of thiazole rings is 1. The molecule has 2 heterocycles. The van der Waals surface area contributed by atoms with Crippen LogP contribution in [0.15, 0.2) is 24.0 Å². The summed E-state index contributed by atoms with van der Waals surface area (Å²) in [5.74, 6) is -0.187. The highest BCUT2D eigenvalue weighted by molar-refractivity contribution is 7.13. The summed E-state index contributed by atoms with van der Waals surface area (Å²) in [6.45, 7) is 2.55. The Morgan fingerprint density at radius 2 is 2.17 bits per heavy atom. The number of hydrogen-bond acceptors (Lipinski definition) is 6. The van der Waals surface area contributed by atoms with Crippen LogP contribution in [0.1, 0.15) is 36.7 Å². The molecule has 0 spiro atoms. The Balaban J connectivity index is 0.00000242. The molecular formula is C14H21Cl2N5OS. The summed E-state index contributed by atoms with van der Waals surface area (Å²) in [5.41, 5.74) is 6.75. The van der Waals surface area contributed by atoms with Gasteiger partial charge in [-0.15, -0.1) is 36.2 Å². The van der Waals surface area contributed by atoms with E-state index in [9.17, 15) is 4.79 Å². The summed E-state index contributed by atoms with van der Waals surface area (Å²) in [6, 6.07) is -0.000818. The van der Waals surface area contributed by atoms with Crippen molar-refractivity contribution in [1.29, 1.82) is 0 Å². The topological polar surface area (TPSA) is 93.8 Å². The zero-order valence-electron chi connectivity index (χ0n) is 12.8. The molecule has 128 valence electrons. The van der Waals surface area contributed by atoms with Gasteiger partial charge in [0.1, 0.15) is 16.4 Å². The molecule has 0 fully saturated rings. The van der Waals surface area contributed by atoms with E-state index in [4.69, 9.17) is 5.73 Å². The summed E-state index contributed by atoms with van der Waals surface area (Å²) < 4.78 is 0. The predicted molar refractivity (Wildman–Crippen MR) is 97.5 cm³/mol. The number of amides is 1. The highest BCUT2D eigenvalue weighted by Gasteiger charge is 2.16. The van der Waals surface area contributed by atoms with Gasteiger partial charge in [0.05, 0.1) is 6.20 Å². The lowest BCUT2D eigenvalue weighted by Gasteiger charge is -2.15. The van der Waals surface area contributed by atoms with Crippen molar-refractivity contribution in [3.8, 4) is 10.7 Å². The molecule has 3 N–H and O–H groups in total. The van der Waals surface area contributed by atoms with Crippen molar-refractivity contribution in [2.75, 3.05) is 6.54 Å². The molecule has 9 heteroatoms. The van der Waals surface area contributed by atoms with Gasteiger partial charge in [-0.2, -0.15) is 0 Å². The maximum absolute atomic E-state index is 12.2. The molecule has 0 aromatic carbocycles. The minimum absolute atomic E-state index is 0. The van der Waals surface area contributed by atoms with Gasteiger partial charge in [0.25, 0.3) is 5.91 Å². The number of halogens is 2. The standard InChI is InChI=1S/C14H19N5OS.2ClH/c1-2-3-4-10(7-15)18-13(20)12-9-21-14(19-12)11-8-16-5-6-17-11;;/h5-6,8-10H,2-4,7,15H2,1H3,(H,18,20);2*1H. The van der Waals surface area contributed by atoms with E-state index in [-0.39, 0.29) is 36.8 Å². The van der Waals surface area contributed by atoms with Gasteiger partial charge < -0.3 is 11.1 Å². The normalized spacial score (nSPS) is 11.0. The predicted octanol–water partition coefficient (Wildman–Crippen LogP) is 2.69. The molecule has 1 unspecified atom stereocenters. The van der Waals surface area contributed by atoms with Crippen LogP contribution < -0.4 is 11.1 Å². The molecule has 0 saturated carbocycles. The second-order valence-corrected chi connectivity index (χ2v) is 5.53. The molecule has 0 radical (unpaired) electrons. The number of carbonyl (C=O) groups is 1. The van der Waals surface area contributed by atoms with Crippen LogP contribution in [0, 0.1) is 0 Å². The van der Waals surface area contributed by atoms with Gasteiger partial charge in [-0.05, 0) is 6.42 Å². The van der Waals surface area contributed by atoms with E-state index >= 15 is 0 Å².